The molecule has 0 radical (unpaired) electrons. The Morgan fingerprint density at radius 2 is 1.97 bits per heavy atom. The monoisotopic (exact) mass is 459 g/mol. The van der Waals surface area contributed by atoms with E-state index in [2.05, 4.69) is 19.9 Å². The largest absolute Gasteiger partial charge is 0.382 e. The smallest absolute Gasteiger partial charge is 0.280 e. The van der Waals surface area contributed by atoms with Gasteiger partial charge in [0.25, 0.3) is 5.91 Å². The average molecular weight is 460 g/mol. The quantitative estimate of drug-likeness (QED) is 0.605. The molecule has 0 unspecified atom stereocenters. The van der Waals surface area contributed by atoms with Crippen LogP contribution in [0, 0.1) is 11.2 Å². The zero-order valence-electron chi connectivity index (χ0n) is 18.7. The van der Waals surface area contributed by atoms with E-state index in [-0.39, 0.29) is 34.7 Å². The molecule has 3 aromatic rings. The fraction of sp³-hybridized carbons (Fsp3) is 0.360. The third kappa shape index (κ3) is 3.22. The molecule has 4 N–H and O–H groups in total. The molecule has 34 heavy (non-hydrogen) atoms. The highest BCUT2D eigenvalue weighted by molar-refractivity contribution is 6.08. The number of benzene rings is 1. The van der Waals surface area contributed by atoms with Crippen LogP contribution in [0.3, 0.4) is 0 Å². The number of rotatable bonds is 2. The molecule has 1 spiro atoms. The summed E-state index contributed by atoms with van der Waals surface area (Å²) in [5.41, 5.74) is 16.7. The number of nitrogens with zero attached hydrogens (tertiary/aromatic N) is 5. The lowest BCUT2D eigenvalue weighted by Crippen LogP contribution is -2.44. The number of carbonyl (C=O) groups excluding carboxylic acids is 1. The lowest BCUT2D eigenvalue weighted by molar-refractivity contribution is 0.0985. The Labute approximate surface area is 196 Å². The molecule has 1 atom stereocenters. The maximum Gasteiger partial charge on any atom is 0.280 e. The van der Waals surface area contributed by atoms with Crippen molar-refractivity contribution in [3.05, 3.63) is 71.1 Å². The van der Waals surface area contributed by atoms with Gasteiger partial charge in [0, 0.05) is 38.3 Å². The number of aromatic nitrogens is 3. The third-order valence-corrected chi connectivity index (χ3v) is 7.69. The van der Waals surface area contributed by atoms with Gasteiger partial charge in [-0.2, -0.15) is 0 Å². The summed E-state index contributed by atoms with van der Waals surface area (Å²) in [5.74, 6) is 0.281. The predicted octanol–water partition coefficient (Wildman–Crippen LogP) is 2.64. The summed E-state index contributed by atoms with van der Waals surface area (Å²) in [6, 6.07) is 8.49. The van der Waals surface area contributed by atoms with E-state index in [9.17, 15) is 9.18 Å². The van der Waals surface area contributed by atoms with Crippen molar-refractivity contribution in [3.63, 3.8) is 0 Å². The molecule has 3 aliphatic rings. The molecule has 6 rings (SSSR count). The number of hydrogen-bond acceptors (Lipinski definition) is 7. The van der Waals surface area contributed by atoms with E-state index in [0.717, 1.165) is 54.9 Å². The first kappa shape index (κ1) is 21.0. The summed E-state index contributed by atoms with van der Waals surface area (Å²) in [6.07, 6.45) is 6.66. The number of anilines is 3. The van der Waals surface area contributed by atoms with Crippen LogP contribution in [-0.2, 0) is 12.8 Å². The van der Waals surface area contributed by atoms with Crippen LogP contribution in [0.2, 0.25) is 0 Å². The molecular formula is C25H26FN7O. The van der Waals surface area contributed by atoms with Gasteiger partial charge in [-0.3, -0.25) is 9.78 Å². The van der Waals surface area contributed by atoms with Crippen molar-refractivity contribution in [1.82, 2.24) is 15.0 Å². The second-order valence-electron chi connectivity index (χ2n) is 9.49. The number of halogens is 1. The standard InChI is InChI=1S/C25H26FN7O/c26-16-4-3-15-13-25(22(27)17(15)12-16)6-10-32(11-7-25)20-14-30-21(23(28)31-20)24(34)33-9-5-18-19(33)2-1-8-29-18/h1-4,8,12,14,22H,5-7,9-11,13,27H2,(H2,28,31)/t22-/m1/s1. The van der Waals surface area contributed by atoms with Crippen LogP contribution in [-0.4, -0.2) is 40.5 Å². The molecule has 1 amide bonds. The van der Waals surface area contributed by atoms with Crippen LogP contribution in [0.25, 0.3) is 0 Å². The Morgan fingerprint density at radius 3 is 2.76 bits per heavy atom. The highest BCUT2D eigenvalue weighted by Crippen LogP contribution is 2.51. The fourth-order valence-corrected chi connectivity index (χ4v) is 5.76. The summed E-state index contributed by atoms with van der Waals surface area (Å²) in [5, 5.41) is 0. The fourth-order valence-electron chi connectivity index (χ4n) is 5.76. The van der Waals surface area contributed by atoms with Crippen molar-refractivity contribution in [2.24, 2.45) is 11.1 Å². The summed E-state index contributed by atoms with van der Waals surface area (Å²) in [6.45, 7) is 2.04. The van der Waals surface area contributed by atoms with Crippen molar-refractivity contribution < 1.29 is 9.18 Å². The van der Waals surface area contributed by atoms with Gasteiger partial charge >= 0.3 is 0 Å². The molecule has 8 nitrogen and oxygen atoms in total. The molecule has 4 heterocycles. The van der Waals surface area contributed by atoms with Crippen molar-refractivity contribution in [1.29, 1.82) is 0 Å². The van der Waals surface area contributed by atoms with Crippen LogP contribution in [0.5, 0.6) is 0 Å². The summed E-state index contributed by atoms with van der Waals surface area (Å²) in [7, 11) is 0. The highest BCUT2D eigenvalue weighted by atomic mass is 19.1. The number of pyridine rings is 1. The molecule has 1 saturated heterocycles. The van der Waals surface area contributed by atoms with Gasteiger partial charge in [-0.05, 0) is 60.1 Å². The predicted molar refractivity (Wildman–Crippen MR) is 127 cm³/mol. The number of amides is 1. The minimum atomic E-state index is -0.261. The Morgan fingerprint density at radius 1 is 1.15 bits per heavy atom. The number of fused-ring (bicyclic) bond motifs is 2. The number of carbonyl (C=O) groups is 1. The Hall–Kier alpha value is -3.59. The normalized spacial score (nSPS) is 20.5. The Kier molecular flexibility index (Phi) is 4.77. The zero-order valence-corrected chi connectivity index (χ0v) is 18.7. The van der Waals surface area contributed by atoms with E-state index in [1.54, 1.807) is 23.4 Å². The Balaban J connectivity index is 1.17. The van der Waals surface area contributed by atoms with Gasteiger partial charge in [0.15, 0.2) is 11.5 Å². The van der Waals surface area contributed by atoms with Gasteiger partial charge in [0.2, 0.25) is 0 Å². The van der Waals surface area contributed by atoms with Crippen molar-refractivity contribution in [2.75, 3.05) is 35.2 Å². The first-order valence-electron chi connectivity index (χ1n) is 11.6. The average Bonchev–Trinajstić information content (AvgIpc) is 3.39. The molecule has 0 saturated carbocycles. The Bertz CT molecular complexity index is 1290. The summed E-state index contributed by atoms with van der Waals surface area (Å²) < 4.78 is 13.8. The van der Waals surface area contributed by atoms with Crippen LogP contribution < -0.4 is 21.3 Å². The molecule has 2 aliphatic heterocycles. The van der Waals surface area contributed by atoms with Gasteiger partial charge in [-0.1, -0.05) is 6.07 Å². The summed E-state index contributed by atoms with van der Waals surface area (Å²) >= 11 is 0. The van der Waals surface area contributed by atoms with Crippen LogP contribution >= 0.6 is 0 Å². The molecule has 0 bridgehead atoms. The second-order valence-corrected chi connectivity index (χ2v) is 9.49. The molecule has 1 fully saturated rings. The third-order valence-electron chi connectivity index (χ3n) is 7.69. The van der Waals surface area contributed by atoms with Crippen LogP contribution in [0.4, 0.5) is 21.7 Å². The first-order valence-corrected chi connectivity index (χ1v) is 11.6. The van der Waals surface area contributed by atoms with Gasteiger partial charge in [-0.25, -0.2) is 14.4 Å². The second kappa shape index (κ2) is 7.73. The van der Waals surface area contributed by atoms with Gasteiger partial charge < -0.3 is 21.3 Å². The van der Waals surface area contributed by atoms with E-state index in [1.807, 2.05) is 18.2 Å². The minimum Gasteiger partial charge on any atom is -0.382 e. The van der Waals surface area contributed by atoms with Crippen molar-refractivity contribution in [2.45, 2.75) is 31.7 Å². The summed E-state index contributed by atoms with van der Waals surface area (Å²) in [4.78, 5) is 30.2. The number of nitrogens with two attached hydrogens (primary N) is 2. The van der Waals surface area contributed by atoms with E-state index >= 15 is 0 Å². The maximum absolute atomic E-state index is 13.8. The van der Waals surface area contributed by atoms with E-state index in [0.29, 0.717) is 18.8 Å². The molecule has 2 aromatic heterocycles. The number of piperidine rings is 1. The minimum absolute atomic E-state index is 0.0707. The molecule has 9 heteroatoms. The first-order chi connectivity index (χ1) is 16.4. The molecule has 174 valence electrons. The topological polar surface area (TPSA) is 114 Å². The lowest BCUT2D eigenvalue weighted by atomic mass is 9.73. The highest BCUT2D eigenvalue weighted by Gasteiger charge is 2.46. The van der Waals surface area contributed by atoms with Crippen molar-refractivity contribution in [3.8, 4) is 0 Å². The van der Waals surface area contributed by atoms with E-state index in [1.165, 1.54) is 6.07 Å². The van der Waals surface area contributed by atoms with Crippen LogP contribution in [0.1, 0.15) is 46.2 Å². The van der Waals surface area contributed by atoms with E-state index < -0.39 is 0 Å². The van der Waals surface area contributed by atoms with Gasteiger partial charge in [0.1, 0.15) is 11.6 Å². The van der Waals surface area contributed by atoms with Gasteiger partial charge in [-0.15, -0.1) is 0 Å². The molecule has 1 aliphatic carbocycles. The van der Waals surface area contributed by atoms with Crippen molar-refractivity contribution >= 4 is 23.2 Å². The van der Waals surface area contributed by atoms with Gasteiger partial charge in [0.05, 0.1) is 17.6 Å². The lowest BCUT2D eigenvalue weighted by Gasteiger charge is -2.42. The number of hydrogen-bond donors (Lipinski definition) is 2. The molecular weight excluding hydrogens is 433 g/mol. The maximum atomic E-state index is 13.8. The molecule has 1 aromatic carbocycles. The number of nitrogen functional groups attached to an aromatic ring is 1. The van der Waals surface area contributed by atoms with Crippen LogP contribution in [0.15, 0.2) is 42.7 Å². The van der Waals surface area contributed by atoms with E-state index in [4.69, 9.17) is 11.5 Å². The zero-order chi connectivity index (χ0) is 23.4. The SMILES string of the molecule is Nc1nc(N2CCC3(CC2)Cc2ccc(F)cc2[C@H]3N)cnc1C(=O)N1CCc2ncccc21.